The molecule has 0 aliphatic carbocycles. The molecule has 1 heterocycles. The number of hydrogen-bond donors (Lipinski definition) is 2. The first-order chi connectivity index (χ1) is 6.31. The van der Waals surface area contributed by atoms with Crippen molar-refractivity contribution in [3.63, 3.8) is 0 Å². The lowest BCUT2D eigenvalue weighted by atomic mass is 10.1. The van der Waals surface area contributed by atoms with Gasteiger partial charge in [0.25, 0.3) is 0 Å². The van der Waals surface area contributed by atoms with Gasteiger partial charge in [-0.05, 0) is 30.2 Å². The topological polar surface area (TPSA) is 45.2 Å². The molecule has 3 heteroatoms. The number of nitrogens with one attached hydrogen (secondary N) is 1. The van der Waals surface area contributed by atoms with E-state index in [0.717, 1.165) is 11.1 Å². The van der Waals surface area contributed by atoms with Crippen molar-refractivity contribution in [3.05, 3.63) is 35.5 Å². The van der Waals surface area contributed by atoms with Crippen LogP contribution < -0.4 is 0 Å². The fourth-order valence-electron chi connectivity index (χ4n) is 1.47. The number of H-pyrrole nitrogens is 1. The fourth-order valence-corrected chi connectivity index (χ4v) is 1.47. The summed E-state index contributed by atoms with van der Waals surface area (Å²) in [6.07, 6.45) is 1.97. The summed E-state index contributed by atoms with van der Waals surface area (Å²) >= 11 is 0. The molecule has 0 radical (unpaired) electrons. The lowest BCUT2D eigenvalue weighted by molar-refractivity contribution is -0.252. The molecule has 1 aromatic carbocycles. The number of hydrogen-bond acceptors (Lipinski definition) is 2. The van der Waals surface area contributed by atoms with Gasteiger partial charge < -0.3 is 4.98 Å². The molecular weight excluding hydrogens is 166 g/mol. The molecule has 0 aliphatic rings. The maximum absolute atomic E-state index is 8.30. The second kappa shape index (κ2) is 3.20. The monoisotopic (exact) mass is 177 g/mol. The third-order valence-electron chi connectivity index (χ3n) is 2.18. The Kier molecular flexibility index (Phi) is 2.04. The number of aromatic nitrogens is 1. The van der Waals surface area contributed by atoms with Gasteiger partial charge in [-0.25, -0.2) is 4.89 Å². The van der Waals surface area contributed by atoms with E-state index in [4.69, 9.17) is 5.26 Å². The summed E-state index contributed by atoms with van der Waals surface area (Å²) in [5.74, 6) is 0. The van der Waals surface area contributed by atoms with E-state index < -0.39 is 0 Å². The molecule has 0 saturated heterocycles. The van der Waals surface area contributed by atoms with Crippen molar-refractivity contribution < 1.29 is 10.1 Å². The molecule has 0 aliphatic heterocycles. The van der Waals surface area contributed by atoms with Crippen molar-refractivity contribution in [2.24, 2.45) is 0 Å². The number of aryl methyl sites for hydroxylation is 1. The highest BCUT2D eigenvalue weighted by molar-refractivity contribution is 5.83. The summed E-state index contributed by atoms with van der Waals surface area (Å²) in [6.45, 7) is 2.28. The Hall–Kier alpha value is -1.32. The summed E-state index contributed by atoms with van der Waals surface area (Å²) in [5, 5.41) is 9.48. The Bertz CT molecular complexity index is 420. The summed E-state index contributed by atoms with van der Waals surface area (Å²) < 4.78 is 0. The van der Waals surface area contributed by atoms with Gasteiger partial charge in [0.15, 0.2) is 0 Å². The molecule has 2 aromatic rings. The van der Waals surface area contributed by atoms with E-state index in [1.54, 1.807) is 0 Å². The molecule has 3 nitrogen and oxygen atoms in total. The number of aromatic amines is 1. The molecule has 2 N–H and O–H groups in total. The second-order valence-corrected chi connectivity index (χ2v) is 3.13. The molecule has 0 unspecified atom stereocenters. The zero-order chi connectivity index (χ0) is 9.26. The third kappa shape index (κ3) is 1.43. The first kappa shape index (κ1) is 8.29. The Labute approximate surface area is 75.9 Å². The molecule has 0 atom stereocenters. The van der Waals surface area contributed by atoms with E-state index in [9.17, 15) is 0 Å². The Morgan fingerprint density at radius 3 is 3.08 bits per heavy atom. The van der Waals surface area contributed by atoms with E-state index in [1.165, 1.54) is 10.9 Å². The number of fused-ring (bicyclic) bond motifs is 1. The minimum atomic E-state index is 0.237. The second-order valence-electron chi connectivity index (χ2n) is 3.13. The van der Waals surface area contributed by atoms with Crippen LogP contribution in [0.15, 0.2) is 24.4 Å². The zero-order valence-corrected chi connectivity index (χ0v) is 7.37. The van der Waals surface area contributed by atoms with Gasteiger partial charge in [-0.2, -0.15) is 0 Å². The molecule has 0 saturated carbocycles. The maximum Gasteiger partial charge on any atom is 0.107 e. The summed E-state index contributed by atoms with van der Waals surface area (Å²) in [4.78, 5) is 7.24. The highest BCUT2D eigenvalue weighted by atomic mass is 17.1. The minimum absolute atomic E-state index is 0.237. The lowest BCUT2D eigenvalue weighted by Gasteiger charge is -1.98. The SMILES string of the molecule is Cc1c[nH]c2ccc(COO)cc12. The number of rotatable bonds is 2. The average molecular weight is 177 g/mol. The molecular formula is C10H11NO2. The van der Waals surface area contributed by atoms with Gasteiger partial charge in [0, 0.05) is 17.1 Å². The van der Waals surface area contributed by atoms with Crippen molar-refractivity contribution in [1.29, 1.82) is 0 Å². The largest absolute Gasteiger partial charge is 0.361 e. The van der Waals surface area contributed by atoms with Crippen molar-refractivity contribution >= 4 is 10.9 Å². The molecule has 0 bridgehead atoms. The van der Waals surface area contributed by atoms with Crippen LogP contribution in [0.4, 0.5) is 0 Å². The van der Waals surface area contributed by atoms with Crippen LogP contribution in [0.5, 0.6) is 0 Å². The van der Waals surface area contributed by atoms with Gasteiger partial charge in [-0.1, -0.05) is 6.07 Å². The van der Waals surface area contributed by atoms with Crippen LogP contribution in [-0.2, 0) is 11.5 Å². The van der Waals surface area contributed by atoms with Gasteiger partial charge in [-0.3, -0.25) is 5.26 Å². The fraction of sp³-hybridized carbons (Fsp3) is 0.200. The quantitative estimate of drug-likeness (QED) is 0.546. The summed E-state index contributed by atoms with van der Waals surface area (Å²) in [5.41, 5.74) is 3.28. The van der Waals surface area contributed by atoms with Crippen LogP contribution in [0, 0.1) is 6.92 Å². The first-order valence-corrected chi connectivity index (χ1v) is 4.14. The van der Waals surface area contributed by atoms with Crippen LogP contribution in [0.2, 0.25) is 0 Å². The van der Waals surface area contributed by atoms with Crippen LogP contribution in [0.25, 0.3) is 10.9 Å². The van der Waals surface area contributed by atoms with E-state index >= 15 is 0 Å². The molecule has 1 aromatic heterocycles. The summed E-state index contributed by atoms with van der Waals surface area (Å²) in [6, 6.07) is 5.92. The highest BCUT2D eigenvalue weighted by Crippen LogP contribution is 2.19. The standard InChI is InChI=1S/C10H11NO2/c1-7-5-11-10-3-2-8(6-13-12)4-9(7)10/h2-5,11-12H,6H2,1H3. The van der Waals surface area contributed by atoms with Gasteiger partial charge in [0.2, 0.25) is 0 Å². The zero-order valence-electron chi connectivity index (χ0n) is 7.37. The molecule has 2 rings (SSSR count). The maximum atomic E-state index is 8.30. The van der Waals surface area contributed by atoms with E-state index in [2.05, 4.69) is 9.87 Å². The van der Waals surface area contributed by atoms with Crippen molar-refractivity contribution in [2.45, 2.75) is 13.5 Å². The van der Waals surface area contributed by atoms with Crippen LogP contribution in [0.3, 0.4) is 0 Å². The molecule has 0 fully saturated rings. The normalized spacial score (nSPS) is 10.9. The van der Waals surface area contributed by atoms with Crippen LogP contribution >= 0.6 is 0 Å². The molecule has 0 amide bonds. The first-order valence-electron chi connectivity index (χ1n) is 4.14. The molecule has 68 valence electrons. The van der Waals surface area contributed by atoms with Crippen LogP contribution in [0.1, 0.15) is 11.1 Å². The van der Waals surface area contributed by atoms with Crippen LogP contribution in [-0.4, -0.2) is 10.2 Å². The van der Waals surface area contributed by atoms with Gasteiger partial charge >= 0.3 is 0 Å². The van der Waals surface area contributed by atoms with E-state index in [-0.39, 0.29) is 6.61 Å². The van der Waals surface area contributed by atoms with Crippen molar-refractivity contribution in [2.75, 3.05) is 0 Å². The lowest BCUT2D eigenvalue weighted by Crippen LogP contribution is -1.86. The average Bonchev–Trinajstić information content (AvgIpc) is 2.49. The minimum Gasteiger partial charge on any atom is -0.361 e. The van der Waals surface area contributed by atoms with Crippen molar-refractivity contribution in [3.8, 4) is 0 Å². The van der Waals surface area contributed by atoms with Gasteiger partial charge in [-0.15, -0.1) is 0 Å². The van der Waals surface area contributed by atoms with E-state index in [0.29, 0.717) is 0 Å². The Balaban J connectivity index is 2.53. The molecule has 0 spiro atoms. The smallest absolute Gasteiger partial charge is 0.107 e. The third-order valence-corrected chi connectivity index (χ3v) is 2.18. The Morgan fingerprint density at radius 2 is 2.31 bits per heavy atom. The van der Waals surface area contributed by atoms with E-state index in [1.807, 2.05) is 31.3 Å². The predicted octanol–water partition coefficient (Wildman–Crippen LogP) is 2.47. The summed E-state index contributed by atoms with van der Waals surface area (Å²) in [7, 11) is 0. The van der Waals surface area contributed by atoms with Gasteiger partial charge in [0.1, 0.15) is 6.61 Å². The van der Waals surface area contributed by atoms with Crippen molar-refractivity contribution in [1.82, 2.24) is 4.98 Å². The number of benzene rings is 1. The Morgan fingerprint density at radius 1 is 1.46 bits per heavy atom. The van der Waals surface area contributed by atoms with Gasteiger partial charge in [0.05, 0.1) is 0 Å². The molecule has 13 heavy (non-hydrogen) atoms. The predicted molar refractivity (Wildman–Crippen MR) is 50.5 cm³/mol. The highest BCUT2D eigenvalue weighted by Gasteiger charge is 2.00.